The Labute approximate surface area is 164 Å². The first-order valence-corrected chi connectivity index (χ1v) is 9.77. The quantitative estimate of drug-likeness (QED) is 0.695. The minimum Gasteiger partial charge on any atom is -0.361 e. The number of aromatic nitrogens is 1. The number of para-hydroxylation sites is 1. The molecular formula is C23H25N3O2. The molecule has 2 heterocycles. The number of likely N-dealkylation sites (tertiary alicyclic amines) is 1. The highest BCUT2D eigenvalue weighted by Crippen LogP contribution is 2.22. The van der Waals surface area contributed by atoms with Crippen molar-refractivity contribution < 1.29 is 9.59 Å². The normalized spacial score (nSPS) is 16.7. The lowest BCUT2D eigenvalue weighted by Gasteiger charge is -2.16. The van der Waals surface area contributed by atoms with E-state index in [-0.39, 0.29) is 17.7 Å². The molecule has 1 saturated heterocycles. The number of amides is 2. The number of fused-ring (bicyclic) bond motifs is 1. The maximum absolute atomic E-state index is 12.5. The van der Waals surface area contributed by atoms with Crippen LogP contribution in [0.3, 0.4) is 0 Å². The van der Waals surface area contributed by atoms with Gasteiger partial charge in [-0.2, -0.15) is 0 Å². The van der Waals surface area contributed by atoms with Crippen LogP contribution < -0.4 is 5.32 Å². The predicted molar refractivity (Wildman–Crippen MR) is 110 cm³/mol. The molecule has 144 valence electrons. The summed E-state index contributed by atoms with van der Waals surface area (Å²) in [5.41, 5.74) is 4.58. The Morgan fingerprint density at radius 3 is 2.79 bits per heavy atom. The summed E-state index contributed by atoms with van der Waals surface area (Å²) in [6, 6.07) is 16.2. The molecular weight excluding hydrogens is 350 g/mol. The summed E-state index contributed by atoms with van der Waals surface area (Å²) in [7, 11) is 0. The van der Waals surface area contributed by atoms with Crippen LogP contribution in [-0.2, 0) is 22.6 Å². The highest BCUT2D eigenvalue weighted by atomic mass is 16.2. The van der Waals surface area contributed by atoms with E-state index in [0.29, 0.717) is 26.1 Å². The van der Waals surface area contributed by atoms with Gasteiger partial charge in [0.05, 0.1) is 5.92 Å². The number of nitrogens with one attached hydrogen (secondary N) is 2. The highest BCUT2D eigenvalue weighted by Gasteiger charge is 2.33. The van der Waals surface area contributed by atoms with Gasteiger partial charge in [-0.25, -0.2) is 0 Å². The molecule has 2 amide bonds. The van der Waals surface area contributed by atoms with Gasteiger partial charge in [0.2, 0.25) is 11.8 Å². The summed E-state index contributed by atoms with van der Waals surface area (Å²) >= 11 is 0. The molecule has 1 aliphatic rings. The van der Waals surface area contributed by atoms with Crippen molar-refractivity contribution in [2.75, 3.05) is 13.1 Å². The van der Waals surface area contributed by atoms with Gasteiger partial charge in [0.15, 0.2) is 0 Å². The number of aromatic amines is 1. The molecule has 0 spiro atoms. The van der Waals surface area contributed by atoms with E-state index in [0.717, 1.165) is 23.1 Å². The van der Waals surface area contributed by atoms with E-state index >= 15 is 0 Å². The topological polar surface area (TPSA) is 65.2 Å². The number of hydrogen-bond acceptors (Lipinski definition) is 2. The summed E-state index contributed by atoms with van der Waals surface area (Å²) in [4.78, 5) is 30.0. The molecule has 1 aromatic heterocycles. The minimum atomic E-state index is -0.264. The molecule has 0 radical (unpaired) electrons. The van der Waals surface area contributed by atoms with Gasteiger partial charge in [0, 0.05) is 43.2 Å². The van der Waals surface area contributed by atoms with Crippen LogP contribution in [0.25, 0.3) is 10.9 Å². The molecule has 1 aliphatic heterocycles. The third kappa shape index (κ3) is 3.79. The van der Waals surface area contributed by atoms with Crippen LogP contribution in [0.1, 0.15) is 23.1 Å². The second-order valence-electron chi connectivity index (χ2n) is 7.49. The first-order chi connectivity index (χ1) is 13.6. The van der Waals surface area contributed by atoms with E-state index in [1.807, 2.05) is 54.4 Å². The fourth-order valence-corrected chi connectivity index (χ4v) is 3.89. The van der Waals surface area contributed by atoms with Gasteiger partial charge >= 0.3 is 0 Å². The smallest absolute Gasteiger partial charge is 0.225 e. The molecule has 5 nitrogen and oxygen atoms in total. The van der Waals surface area contributed by atoms with E-state index in [1.165, 1.54) is 10.9 Å². The van der Waals surface area contributed by atoms with Gasteiger partial charge in [-0.05, 0) is 36.1 Å². The van der Waals surface area contributed by atoms with Crippen LogP contribution in [0.15, 0.2) is 54.7 Å². The number of nitrogens with zero attached hydrogens (tertiary/aromatic N) is 1. The second-order valence-corrected chi connectivity index (χ2v) is 7.49. The molecule has 3 aromatic rings. The summed E-state index contributed by atoms with van der Waals surface area (Å²) in [6.45, 7) is 3.68. The van der Waals surface area contributed by atoms with Crippen molar-refractivity contribution in [3.63, 3.8) is 0 Å². The summed E-state index contributed by atoms with van der Waals surface area (Å²) < 4.78 is 0. The minimum absolute atomic E-state index is 0.0359. The van der Waals surface area contributed by atoms with Gasteiger partial charge in [-0.1, -0.05) is 42.5 Å². The summed E-state index contributed by atoms with van der Waals surface area (Å²) in [5, 5.41) is 4.19. The zero-order valence-corrected chi connectivity index (χ0v) is 16.1. The van der Waals surface area contributed by atoms with Gasteiger partial charge in [0.1, 0.15) is 0 Å². The fraction of sp³-hybridized carbons (Fsp3) is 0.304. The highest BCUT2D eigenvalue weighted by molar-refractivity contribution is 5.89. The van der Waals surface area contributed by atoms with Crippen molar-refractivity contribution in [2.45, 2.75) is 26.3 Å². The third-order valence-electron chi connectivity index (χ3n) is 5.63. The summed E-state index contributed by atoms with van der Waals surface area (Å²) in [5.74, 6) is -0.235. The molecule has 5 heteroatoms. The molecule has 0 saturated carbocycles. The van der Waals surface area contributed by atoms with Gasteiger partial charge < -0.3 is 15.2 Å². The Kier molecular flexibility index (Phi) is 5.15. The van der Waals surface area contributed by atoms with Crippen LogP contribution in [0.2, 0.25) is 0 Å². The molecule has 28 heavy (non-hydrogen) atoms. The lowest BCUT2D eigenvalue weighted by molar-refractivity contribution is -0.129. The van der Waals surface area contributed by atoms with Crippen molar-refractivity contribution in [3.8, 4) is 0 Å². The number of aryl methyl sites for hydroxylation is 1. The SMILES string of the molecule is Cc1ccccc1CNC(=O)C1CC(=O)N(CCc2c[nH]c3ccccc23)C1. The average molecular weight is 375 g/mol. The number of carbonyl (C=O) groups is 2. The van der Waals surface area contributed by atoms with E-state index in [1.54, 1.807) is 0 Å². The van der Waals surface area contributed by atoms with Crippen LogP contribution in [0.5, 0.6) is 0 Å². The zero-order valence-electron chi connectivity index (χ0n) is 16.1. The molecule has 1 atom stereocenters. The Balaban J connectivity index is 1.32. The van der Waals surface area contributed by atoms with Crippen molar-refractivity contribution in [1.82, 2.24) is 15.2 Å². The lowest BCUT2D eigenvalue weighted by Crippen LogP contribution is -2.33. The van der Waals surface area contributed by atoms with Crippen molar-refractivity contribution in [1.29, 1.82) is 0 Å². The fourth-order valence-electron chi connectivity index (χ4n) is 3.89. The average Bonchev–Trinajstić information content (AvgIpc) is 3.29. The van der Waals surface area contributed by atoms with Crippen molar-refractivity contribution in [2.24, 2.45) is 5.92 Å². The largest absolute Gasteiger partial charge is 0.361 e. The zero-order chi connectivity index (χ0) is 19.5. The van der Waals surface area contributed by atoms with Crippen LogP contribution >= 0.6 is 0 Å². The van der Waals surface area contributed by atoms with Gasteiger partial charge in [-0.15, -0.1) is 0 Å². The Hall–Kier alpha value is -3.08. The molecule has 2 N–H and O–H groups in total. The Morgan fingerprint density at radius 1 is 1.14 bits per heavy atom. The van der Waals surface area contributed by atoms with Crippen molar-refractivity contribution >= 4 is 22.7 Å². The first kappa shape index (κ1) is 18.3. The summed E-state index contributed by atoms with van der Waals surface area (Å²) in [6.07, 6.45) is 3.10. The predicted octanol–water partition coefficient (Wildman–Crippen LogP) is 3.18. The monoisotopic (exact) mass is 375 g/mol. The second kappa shape index (κ2) is 7.89. The number of benzene rings is 2. The van der Waals surface area contributed by atoms with Crippen LogP contribution in [-0.4, -0.2) is 34.8 Å². The van der Waals surface area contributed by atoms with Crippen LogP contribution in [0, 0.1) is 12.8 Å². The molecule has 1 unspecified atom stereocenters. The maximum Gasteiger partial charge on any atom is 0.225 e. The Morgan fingerprint density at radius 2 is 1.93 bits per heavy atom. The lowest BCUT2D eigenvalue weighted by atomic mass is 10.1. The maximum atomic E-state index is 12.5. The number of H-pyrrole nitrogens is 1. The number of hydrogen-bond donors (Lipinski definition) is 2. The van der Waals surface area contributed by atoms with Crippen LogP contribution in [0.4, 0.5) is 0 Å². The molecule has 0 aliphatic carbocycles. The van der Waals surface area contributed by atoms with E-state index < -0.39 is 0 Å². The number of rotatable bonds is 6. The van der Waals surface area contributed by atoms with Gasteiger partial charge in [-0.3, -0.25) is 9.59 Å². The third-order valence-corrected chi connectivity index (χ3v) is 5.63. The van der Waals surface area contributed by atoms with Gasteiger partial charge in [0.25, 0.3) is 0 Å². The van der Waals surface area contributed by atoms with E-state index in [4.69, 9.17) is 0 Å². The standard InChI is InChI=1S/C23H25N3O2/c1-16-6-2-3-7-17(16)13-25-23(28)19-12-22(27)26(15-19)11-10-18-14-24-21-9-5-4-8-20(18)21/h2-9,14,19,24H,10-13,15H2,1H3,(H,25,28). The molecule has 0 bridgehead atoms. The first-order valence-electron chi connectivity index (χ1n) is 9.77. The molecule has 2 aromatic carbocycles. The van der Waals surface area contributed by atoms with Crippen molar-refractivity contribution in [3.05, 3.63) is 71.4 Å². The van der Waals surface area contributed by atoms with E-state index in [9.17, 15) is 9.59 Å². The molecule has 1 fully saturated rings. The molecule has 4 rings (SSSR count). The number of carbonyl (C=O) groups excluding carboxylic acids is 2. The Bertz CT molecular complexity index is 1010. The van der Waals surface area contributed by atoms with E-state index in [2.05, 4.69) is 22.4 Å².